The van der Waals surface area contributed by atoms with E-state index in [0.717, 1.165) is 11.1 Å². The van der Waals surface area contributed by atoms with E-state index >= 15 is 0 Å². The summed E-state index contributed by atoms with van der Waals surface area (Å²) in [7, 11) is 0. The van der Waals surface area contributed by atoms with Crippen LogP contribution in [0.1, 0.15) is 11.1 Å². The van der Waals surface area contributed by atoms with Gasteiger partial charge in [-0.05, 0) is 24.6 Å². The van der Waals surface area contributed by atoms with E-state index in [1.54, 1.807) is 24.3 Å². The highest BCUT2D eigenvalue weighted by Crippen LogP contribution is 2.20. The Kier molecular flexibility index (Phi) is 3.76. The van der Waals surface area contributed by atoms with Gasteiger partial charge in [-0.25, -0.2) is 14.3 Å². The van der Waals surface area contributed by atoms with Gasteiger partial charge in [0.25, 0.3) is 5.69 Å². The number of benzene rings is 2. The predicted molar refractivity (Wildman–Crippen MR) is 83.1 cm³/mol. The number of carbonyl (C=O) groups is 1. The summed E-state index contributed by atoms with van der Waals surface area (Å²) < 4.78 is 6.48. The number of nitrogens with zero attached hydrogens (tertiary/aromatic N) is 3. The molecule has 2 aromatic carbocycles. The molecule has 0 saturated carbocycles. The Morgan fingerprint density at radius 2 is 2.04 bits per heavy atom. The van der Waals surface area contributed by atoms with Crippen molar-refractivity contribution in [3.05, 3.63) is 70.0 Å². The topological polar surface area (TPSA) is 87.3 Å². The fourth-order valence-corrected chi connectivity index (χ4v) is 2.35. The Hall–Kier alpha value is -3.22. The zero-order valence-electron chi connectivity index (χ0n) is 12.3. The van der Waals surface area contributed by atoms with Crippen LogP contribution >= 0.6 is 0 Å². The molecule has 0 aliphatic carbocycles. The van der Waals surface area contributed by atoms with Crippen molar-refractivity contribution in [2.75, 3.05) is 0 Å². The molecule has 7 heteroatoms. The van der Waals surface area contributed by atoms with Crippen LogP contribution in [0.2, 0.25) is 0 Å². The van der Waals surface area contributed by atoms with E-state index in [1.165, 1.54) is 17.0 Å². The molecule has 1 aromatic heterocycles. The minimum atomic E-state index is -0.628. The molecule has 0 spiro atoms. The molecule has 0 amide bonds. The zero-order valence-corrected chi connectivity index (χ0v) is 12.3. The summed E-state index contributed by atoms with van der Waals surface area (Å²) in [6.07, 6.45) is 0.760. The Balaban J connectivity index is 1.82. The van der Waals surface area contributed by atoms with Gasteiger partial charge in [-0.1, -0.05) is 24.3 Å². The maximum absolute atomic E-state index is 12.2. The van der Waals surface area contributed by atoms with Crippen molar-refractivity contribution >= 4 is 22.8 Å². The second kappa shape index (κ2) is 5.88. The summed E-state index contributed by atoms with van der Waals surface area (Å²) in [4.78, 5) is 26.9. The van der Waals surface area contributed by atoms with E-state index in [2.05, 4.69) is 4.98 Å². The maximum Gasteiger partial charge on any atom is 0.420 e. The first-order valence-corrected chi connectivity index (χ1v) is 6.90. The standard InChI is InChI=1S/C16H13N3O4/c1-11-5-4-8-14-15(11)17-10-18(14)16(20)23-9-12-6-2-3-7-13(12)19(21)22/h2-8,10H,9H2,1H3. The number of nitro groups is 1. The van der Waals surface area contributed by atoms with Gasteiger partial charge in [0, 0.05) is 6.07 Å². The fraction of sp³-hybridized carbons (Fsp3) is 0.125. The highest BCUT2D eigenvalue weighted by Gasteiger charge is 2.16. The molecule has 0 atom stereocenters. The van der Waals surface area contributed by atoms with Crippen LogP contribution in [0.5, 0.6) is 0 Å². The number of hydrogen-bond acceptors (Lipinski definition) is 5. The second-order valence-corrected chi connectivity index (χ2v) is 5.00. The molecule has 23 heavy (non-hydrogen) atoms. The van der Waals surface area contributed by atoms with Crippen molar-refractivity contribution in [1.82, 2.24) is 9.55 Å². The quantitative estimate of drug-likeness (QED) is 0.546. The number of nitro benzene ring substituents is 1. The Labute approximate surface area is 131 Å². The van der Waals surface area contributed by atoms with Crippen LogP contribution in [0, 0.1) is 17.0 Å². The van der Waals surface area contributed by atoms with E-state index in [1.807, 2.05) is 19.1 Å². The van der Waals surface area contributed by atoms with Crippen molar-refractivity contribution in [2.45, 2.75) is 13.5 Å². The normalized spacial score (nSPS) is 10.7. The van der Waals surface area contributed by atoms with Crippen LogP contribution in [-0.4, -0.2) is 20.6 Å². The average molecular weight is 311 g/mol. The average Bonchev–Trinajstić information content (AvgIpc) is 2.98. The lowest BCUT2D eigenvalue weighted by molar-refractivity contribution is -0.385. The number of aryl methyl sites for hydroxylation is 1. The molecule has 3 aromatic rings. The Bertz CT molecular complexity index is 901. The van der Waals surface area contributed by atoms with Gasteiger partial charge in [0.15, 0.2) is 0 Å². The third kappa shape index (κ3) is 2.76. The third-order valence-corrected chi connectivity index (χ3v) is 3.51. The molecule has 1 heterocycles. The van der Waals surface area contributed by atoms with E-state index in [4.69, 9.17) is 4.74 Å². The number of ether oxygens (including phenoxy) is 1. The number of rotatable bonds is 3. The monoisotopic (exact) mass is 311 g/mol. The summed E-state index contributed by atoms with van der Waals surface area (Å²) >= 11 is 0. The van der Waals surface area contributed by atoms with Crippen molar-refractivity contribution < 1.29 is 14.5 Å². The number of hydrogen-bond donors (Lipinski definition) is 0. The van der Waals surface area contributed by atoms with Gasteiger partial charge in [-0.2, -0.15) is 0 Å². The lowest BCUT2D eigenvalue weighted by Gasteiger charge is -2.06. The van der Waals surface area contributed by atoms with E-state index in [9.17, 15) is 14.9 Å². The molecular weight excluding hydrogens is 298 g/mol. The first-order valence-electron chi connectivity index (χ1n) is 6.90. The Morgan fingerprint density at radius 3 is 2.83 bits per heavy atom. The summed E-state index contributed by atoms with van der Waals surface area (Å²) in [5, 5.41) is 11.0. The largest absolute Gasteiger partial charge is 0.444 e. The highest BCUT2D eigenvalue weighted by molar-refractivity contribution is 5.88. The lowest BCUT2D eigenvalue weighted by atomic mass is 10.2. The van der Waals surface area contributed by atoms with Crippen molar-refractivity contribution in [2.24, 2.45) is 0 Å². The number of fused-ring (bicyclic) bond motifs is 1. The van der Waals surface area contributed by atoms with E-state index in [-0.39, 0.29) is 12.3 Å². The van der Waals surface area contributed by atoms with Crippen LogP contribution in [0.15, 0.2) is 48.8 Å². The number of aromatic nitrogens is 2. The van der Waals surface area contributed by atoms with Crippen LogP contribution in [0.25, 0.3) is 11.0 Å². The van der Waals surface area contributed by atoms with Crippen molar-refractivity contribution in [1.29, 1.82) is 0 Å². The number of carbonyl (C=O) groups excluding carboxylic acids is 1. The van der Waals surface area contributed by atoms with Gasteiger partial charge in [0.1, 0.15) is 12.9 Å². The second-order valence-electron chi connectivity index (χ2n) is 5.00. The lowest BCUT2D eigenvalue weighted by Crippen LogP contribution is -2.13. The maximum atomic E-state index is 12.2. The van der Waals surface area contributed by atoms with Crippen LogP contribution in [-0.2, 0) is 11.3 Å². The van der Waals surface area contributed by atoms with E-state index in [0.29, 0.717) is 11.1 Å². The number of para-hydroxylation sites is 2. The van der Waals surface area contributed by atoms with Crippen molar-refractivity contribution in [3.63, 3.8) is 0 Å². The first kappa shape index (κ1) is 14.7. The van der Waals surface area contributed by atoms with Crippen LogP contribution in [0.4, 0.5) is 10.5 Å². The molecule has 116 valence electrons. The molecule has 7 nitrogen and oxygen atoms in total. The van der Waals surface area contributed by atoms with Gasteiger partial charge in [-0.15, -0.1) is 0 Å². The van der Waals surface area contributed by atoms with Gasteiger partial charge >= 0.3 is 6.09 Å². The van der Waals surface area contributed by atoms with E-state index < -0.39 is 11.0 Å². The fourth-order valence-electron chi connectivity index (χ4n) is 2.35. The van der Waals surface area contributed by atoms with Gasteiger partial charge in [0.05, 0.1) is 21.5 Å². The van der Waals surface area contributed by atoms with Crippen LogP contribution in [0.3, 0.4) is 0 Å². The van der Waals surface area contributed by atoms with Crippen LogP contribution < -0.4 is 0 Å². The van der Waals surface area contributed by atoms with Gasteiger partial charge in [-0.3, -0.25) is 10.1 Å². The highest BCUT2D eigenvalue weighted by atomic mass is 16.6. The molecule has 0 aliphatic heterocycles. The molecule has 0 aliphatic rings. The molecular formula is C16H13N3O4. The first-order chi connectivity index (χ1) is 11.1. The SMILES string of the molecule is Cc1cccc2c1ncn2C(=O)OCc1ccccc1[N+](=O)[O-]. The molecule has 0 saturated heterocycles. The molecule has 0 radical (unpaired) electrons. The summed E-state index contributed by atoms with van der Waals surface area (Å²) in [6, 6.07) is 11.6. The summed E-state index contributed by atoms with van der Waals surface area (Å²) in [5.74, 6) is 0. The minimum absolute atomic E-state index is 0.0772. The molecule has 3 rings (SSSR count). The minimum Gasteiger partial charge on any atom is -0.444 e. The molecule has 0 N–H and O–H groups in total. The zero-order chi connectivity index (χ0) is 16.4. The smallest absolute Gasteiger partial charge is 0.420 e. The van der Waals surface area contributed by atoms with Gasteiger partial charge < -0.3 is 4.74 Å². The predicted octanol–water partition coefficient (Wildman–Crippen LogP) is 3.44. The molecule has 0 unspecified atom stereocenters. The van der Waals surface area contributed by atoms with Crippen molar-refractivity contribution in [3.8, 4) is 0 Å². The Morgan fingerprint density at radius 1 is 1.26 bits per heavy atom. The molecule has 0 fully saturated rings. The summed E-state index contributed by atoms with van der Waals surface area (Å²) in [5.41, 5.74) is 2.57. The van der Waals surface area contributed by atoms with Gasteiger partial charge in [0.2, 0.25) is 0 Å². The number of imidazole rings is 1. The summed E-state index contributed by atoms with van der Waals surface area (Å²) in [6.45, 7) is 1.72. The molecule has 0 bridgehead atoms. The third-order valence-electron chi connectivity index (χ3n) is 3.51.